The van der Waals surface area contributed by atoms with Crippen molar-refractivity contribution in [2.24, 2.45) is 0 Å². The van der Waals surface area contributed by atoms with Gasteiger partial charge in [-0.3, -0.25) is 13.9 Å². The van der Waals surface area contributed by atoms with Crippen LogP contribution in [-0.2, 0) is 19.6 Å². The highest BCUT2D eigenvalue weighted by atomic mass is 32.2. The van der Waals surface area contributed by atoms with E-state index in [2.05, 4.69) is 15.0 Å². The Kier molecular flexibility index (Phi) is 7.01. The lowest BCUT2D eigenvalue weighted by atomic mass is 10.0. The van der Waals surface area contributed by atoms with Crippen LogP contribution in [0.2, 0.25) is 0 Å². The summed E-state index contributed by atoms with van der Waals surface area (Å²) in [5, 5.41) is 2.94. The van der Waals surface area contributed by atoms with E-state index < -0.39 is 27.7 Å². The summed E-state index contributed by atoms with van der Waals surface area (Å²) < 4.78 is 49.9. The predicted molar refractivity (Wildman–Crippen MR) is 121 cm³/mol. The van der Waals surface area contributed by atoms with Gasteiger partial charge in [-0.25, -0.2) is 12.8 Å². The van der Waals surface area contributed by atoms with E-state index in [1.165, 1.54) is 38.4 Å². The van der Waals surface area contributed by atoms with Crippen LogP contribution in [0.4, 0.5) is 10.2 Å². The first-order chi connectivity index (χ1) is 15.6. The van der Waals surface area contributed by atoms with Crippen LogP contribution in [0.3, 0.4) is 0 Å². The number of anilines is 1. The molecule has 11 heteroatoms. The van der Waals surface area contributed by atoms with Gasteiger partial charge in [0.05, 0.1) is 24.3 Å². The first kappa shape index (κ1) is 24.2. The number of aromatic nitrogens is 1. The zero-order chi connectivity index (χ0) is 24.3. The van der Waals surface area contributed by atoms with E-state index in [1.807, 2.05) is 0 Å². The number of fused-ring (bicyclic) bond motifs is 1. The van der Waals surface area contributed by atoms with E-state index in [4.69, 9.17) is 4.42 Å². The summed E-state index contributed by atoms with van der Waals surface area (Å²) in [6, 6.07) is 7.06. The van der Waals surface area contributed by atoms with Crippen LogP contribution in [0, 0.1) is 12.7 Å². The molecule has 9 nitrogen and oxygen atoms in total. The second-order valence-corrected chi connectivity index (χ2v) is 9.30. The Balaban J connectivity index is 2.14. The molecular weight excluding hydrogens is 453 g/mol. The number of esters is 1. The summed E-state index contributed by atoms with van der Waals surface area (Å²) in [4.78, 5) is 28.5. The Morgan fingerprint density at radius 3 is 2.48 bits per heavy atom. The molecule has 0 saturated heterocycles. The number of rotatable bonds is 8. The van der Waals surface area contributed by atoms with Gasteiger partial charge in [-0.05, 0) is 49.2 Å². The standard InChI is InChI=1S/C22H24FN3O6S/c1-13-12-16-18(21(28)24-2)19(14-7-9-15(23)10-8-14)32-22(16)25-20(13)26(33(4,29)30)11-5-6-17(27)31-3/h7-10,12H,5-6,11H2,1-4H3,(H,24,28). The number of hydrogen-bond donors (Lipinski definition) is 1. The minimum atomic E-state index is -3.74. The van der Waals surface area contributed by atoms with Gasteiger partial charge in [0.25, 0.3) is 5.91 Å². The van der Waals surface area contributed by atoms with E-state index in [-0.39, 0.29) is 42.2 Å². The third-order valence-electron chi connectivity index (χ3n) is 5.01. The molecule has 0 saturated carbocycles. The molecular formula is C22H24FN3O6S. The summed E-state index contributed by atoms with van der Waals surface area (Å²) >= 11 is 0. The maximum absolute atomic E-state index is 13.4. The van der Waals surface area contributed by atoms with Crippen LogP contribution >= 0.6 is 0 Å². The number of hydrogen-bond acceptors (Lipinski definition) is 7. The zero-order valence-corrected chi connectivity index (χ0v) is 19.5. The minimum absolute atomic E-state index is 0.00110. The molecule has 2 heterocycles. The van der Waals surface area contributed by atoms with E-state index in [0.717, 1.165) is 10.6 Å². The molecule has 1 N–H and O–H groups in total. The molecule has 176 valence electrons. The Labute approximate surface area is 190 Å². The van der Waals surface area contributed by atoms with Gasteiger partial charge in [-0.15, -0.1) is 0 Å². The fourth-order valence-corrected chi connectivity index (χ4v) is 4.38. The lowest BCUT2D eigenvalue weighted by Crippen LogP contribution is -2.32. The number of sulfonamides is 1. The molecule has 0 atom stereocenters. The van der Waals surface area contributed by atoms with Crippen LogP contribution in [0.15, 0.2) is 34.7 Å². The van der Waals surface area contributed by atoms with Crippen molar-refractivity contribution in [3.8, 4) is 11.3 Å². The number of carbonyl (C=O) groups is 2. The average Bonchev–Trinajstić information content (AvgIpc) is 3.13. The van der Waals surface area contributed by atoms with Crippen molar-refractivity contribution in [2.45, 2.75) is 19.8 Å². The summed E-state index contributed by atoms with van der Waals surface area (Å²) in [7, 11) is -1.01. The van der Waals surface area contributed by atoms with Crippen molar-refractivity contribution in [3.63, 3.8) is 0 Å². The number of carbonyl (C=O) groups excluding carboxylic acids is 2. The molecule has 0 aliphatic rings. The lowest BCUT2D eigenvalue weighted by molar-refractivity contribution is -0.140. The van der Waals surface area contributed by atoms with Gasteiger partial charge in [0.2, 0.25) is 15.7 Å². The van der Waals surface area contributed by atoms with Gasteiger partial charge in [0.1, 0.15) is 17.4 Å². The summed E-state index contributed by atoms with van der Waals surface area (Å²) in [6.45, 7) is 1.67. The predicted octanol–water partition coefficient (Wildman–Crippen LogP) is 3.02. The maximum atomic E-state index is 13.4. The monoisotopic (exact) mass is 477 g/mol. The number of amides is 1. The number of halogens is 1. The highest BCUT2D eigenvalue weighted by Gasteiger charge is 2.27. The van der Waals surface area contributed by atoms with Crippen molar-refractivity contribution >= 4 is 38.8 Å². The largest absolute Gasteiger partial charge is 0.469 e. The number of furan rings is 1. The van der Waals surface area contributed by atoms with Gasteiger partial charge in [0, 0.05) is 25.6 Å². The van der Waals surface area contributed by atoms with E-state index in [9.17, 15) is 22.4 Å². The fourth-order valence-electron chi connectivity index (χ4n) is 3.42. The SMILES string of the molecule is CNC(=O)c1c(-c2ccc(F)cc2)oc2nc(N(CCCC(=O)OC)S(C)(=O)=O)c(C)cc12. The van der Waals surface area contributed by atoms with Gasteiger partial charge in [-0.2, -0.15) is 4.98 Å². The number of nitrogens with one attached hydrogen (secondary N) is 1. The Morgan fingerprint density at radius 2 is 1.91 bits per heavy atom. The fraction of sp³-hybridized carbons (Fsp3) is 0.318. The normalized spacial score (nSPS) is 11.4. The third-order valence-corrected chi connectivity index (χ3v) is 6.17. The van der Waals surface area contributed by atoms with Crippen molar-refractivity contribution in [1.82, 2.24) is 10.3 Å². The van der Waals surface area contributed by atoms with E-state index in [0.29, 0.717) is 16.5 Å². The minimum Gasteiger partial charge on any atom is -0.469 e. The number of aryl methyl sites for hydroxylation is 1. The van der Waals surface area contributed by atoms with E-state index >= 15 is 0 Å². The van der Waals surface area contributed by atoms with Crippen molar-refractivity contribution in [2.75, 3.05) is 31.3 Å². The second kappa shape index (κ2) is 9.57. The quantitative estimate of drug-likeness (QED) is 0.495. The topological polar surface area (TPSA) is 119 Å². The average molecular weight is 478 g/mol. The Hall–Kier alpha value is -3.47. The first-order valence-electron chi connectivity index (χ1n) is 10.0. The van der Waals surface area contributed by atoms with Crippen molar-refractivity contribution in [3.05, 3.63) is 47.3 Å². The molecule has 3 rings (SSSR count). The van der Waals surface area contributed by atoms with Gasteiger partial charge in [-0.1, -0.05) is 0 Å². The molecule has 0 aliphatic carbocycles. The molecule has 1 amide bonds. The summed E-state index contributed by atoms with van der Waals surface area (Å²) in [5.74, 6) is -1.01. The number of benzene rings is 1. The van der Waals surface area contributed by atoms with Gasteiger partial charge in [0.15, 0.2) is 0 Å². The third kappa shape index (κ3) is 5.14. The number of ether oxygens (including phenoxy) is 1. The molecule has 3 aromatic rings. The van der Waals surface area contributed by atoms with Crippen molar-refractivity contribution < 1.29 is 31.6 Å². The summed E-state index contributed by atoms with van der Waals surface area (Å²) in [6.07, 6.45) is 1.31. The van der Waals surface area contributed by atoms with Crippen LogP contribution in [-0.4, -0.2) is 52.2 Å². The van der Waals surface area contributed by atoms with E-state index in [1.54, 1.807) is 13.0 Å². The maximum Gasteiger partial charge on any atom is 0.305 e. The highest BCUT2D eigenvalue weighted by Crippen LogP contribution is 2.36. The van der Waals surface area contributed by atoms with Gasteiger partial charge >= 0.3 is 5.97 Å². The summed E-state index contributed by atoms with van der Waals surface area (Å²) in [5.41, 5.74) is 1.21. The molecule has 0 aliphatic heterocycles. The molecule has 0 spiro atoms. The van der Waals surface area contributed by atoms with Gasteiger partial charge < -0.3 is 14.5 Å². The smallest absolute Gasteiger partial charge is 0.305 e. The number of pyridine rings is 1. The molecule has 2 aromatic heterocycles. The van der Waals surface area contributed by atoms with Crippen LogP contribution < -0.4 is 9.62 Å². The molecule has 33 heavy (non-hydrogen) atoms. The zero-order valence-electron chi connectivity index (χ0n) is 18.6. The van der Waals surface area contributed by atoms with Crippen molar-refractivity contribution in [1.29, 1.82) is 0 Å². The number of nitrogens with zero attached hydrogens (tertiary/aromatic N) is 2. The lowest BCUT2D eigenvalue weighted by Gasteiger charge is -2.22. The molecule has 0 radical (unpaired) electrons. The van der Waals surface area contributed by atoms with Crippen LogP contribution in [0.5, 0.6) is 0 Å². The van der Waals surface area contributed by atoms with Crippen LogP contribution in [0.25, 0.3) is 22.4 Å². The number of methoxy groups -OCH3 is 1. The Bertz CT molecular complexity index is 1300. The Morgan fingerprint density at radius 1 is 1.24 bits per heavy atom. The molecule has 1 aromatic carbocycles. The molecule has 0 bridgehead atoms. The second-order valence-electron chi connectivity index (χ2n) is 7.39. The highest BCUT2D eigenvalue weighted by molar-refractivity contribution is 7.92. The molecule has 0 unspecified atom stereocenters. The molecule has 0 fully saturated rings. The van der Waals surface area contributed by atoms with Crippen LogP contribution in [0.1, 0.15) is 28.8 Å². The first-order valence-corrected chi connectivity index (χ1v) is 11.9.